The number of hydrogen-bond acceptors (Lipinski definition) is 5. The topological polar surface area (TPSA) is 85.2 Å². The molecule has 0 radical (unpaired) electrons. The first-order valence-electron chi connectivity index (χ1n) is 3.90. The van der Waals surface area contributed by atoms with Crippen LogP contribution in [0.15, 0.2) is 0 Å². The lowest BCUT2D eigenvalue weighted by molar-refractivity contribution is -0.0710. The van der Waals surface area contributed by atoms with E-state index in [1.54, 1.807) is 0 Å². The zero-order chi connectivity index (χ0) is 9.69. The van der Waals surface area contributed by atoms with Crippen molar-refractivity contribution in [3.8, 4) is 0 Å². The van der Waals surface area contributed by atoms with E-state index in [1.165, 1.54) is 6.92 Å². The third-order valence-electron chi connectivity index (χ3n) is 2.19. The van der Waals surface area contributed by atoms with Crippen molar-refractivity contribution >= 4 is 7.82 Å². The molecule has 0 aliphatic carbocycles. The highest BCUT2D eigenvalue weighted by molar-refractivity contribution is 7.47. The number of phosphoric acid groups is 1. The van der Waals surface area contributed by atoms with Crippen LogP contribution >= 0.6 is 7.82 Å². The fraction of sp³-hybridized carbons (Fsp3) is 1.00. The van der Waals surface area contributed by atoms with Gasteiger partial charge in [-0.3, -0.25) is 9.05 Å². The summed E-state index contributed by atoms with van der Waals surface area (Å²) in [7, 11) is -3.98. The van der Waals surface area contributed by atoms with E-state index in [0.717, 1.165) is 0 Å². The Bertz CT molecular complexity index is 264. The van der Waals surface area contributed by atoms with Crippen molar-refractivity contribution in [3.05, 3.63) is 0 Å². The van der Waals surface area contributed by atoms with Crippen LogP contribution in [0.25, 0.3) is 0 Å². The van der Waals surface area contributed by atoms with E-state index in [2.05, 4.69) is 4.52 Å². The number of aliphatic hydroxyl groups is 1. The van der Waals surface area contributed by atoms with Crippen LogP contribution in [-0.2, 0) is 18.3 Å². The van der Waals surface area contributed by atoms with Crippen LogP contribution in [0.3, 0.4) is 0 Å². The van der Waals surface area contributed by atoms with Crippen LogP contribution in [0.5, 0.6) is 0 Å². The Morgan fingerprint density at radius 1 is 1.62 bits per heavy atom. The smallest absolute Gasteiger partial charge is 0.385 e. The molecule has 13 heavy (non-hydrogen) atoms. The van der Waals surface area contributed by atoms with Gasteiger partial charge in [0.1, 0.15) is 17.8 Å². The van der Waals surface area contributed by atoms with E-state index in [-0.39, 0.29) is 13.2 Å². The molecular weight excluding hydrogens is 199 g/mol. The minimum absolute atomic E-state index is 0.0193. The Labute approximate surface area is 75.0 Å². The Morgan fingerprint density at radius 2 is 2.31 bits per heavy atom. The molecule has 6 nitrogen and oxygen atoms in total. The van der Waals surface area contributed by atoms with Crippen molar-refractivity contribution in [3.63, 3.8) is 0 Å². The van der Waals surface area contributed by atoms with Crippen molar-refractivity contribution in [1.82, 2.24) is 0 Å². The van der Waals surface area contributed by atoms with Crippen molar-refractivity contribution < 1.29 is 28.3 Å². The van der Waals surface area contributed by atoms with Crippen LogP contribution in [0.1, 0.15) is 6.92 Å². The van der Waals surface area contributed by atoms with Gasteiger partial charge >= 0.3 is 7.82 Å². The zero-order valence-corrected chi connectivity index (χ0v) is 7.94. The molecule has 0 aromatic rings. The molecule has 2 aliphatic rings. The molecular formula is C6H11O6P. The van der Waals surface area contributed by atoms with Crippen LogP contribution in [0.2, 0.25) is 0 Å². The van der Waals surface area contributed by atoms with Crippen molar-refractivity contribution in [2.75, 3.05) is 13.2 Å². The molecule has 2 fully saturated rings. The van der Waals surface area contributed by atoms with Gasteiger partial charge in [0.2, 0.25) is 0 Å². The SMILES string of the molecule is C[C@@]1(O)CO[C@@H]2COP(=O)(O)OC21. The van der Waals surface area contributed by atoms with Gasteiger partial charge in [0, 0.05) is 0 Å². The third kappa shape index (κ3) is 1.66. The standard InChI is InChI=1S/C6H11O6P/c1-6(7)3-10-4-2-11-13(8,9)12-5(4)6/h4-5,7H,2-3H2,1H3,(H,8,9)/t4-,5?,6-/m1/s1. The van der Waals surface area contributed by atoms with Gasteiger partial charge in [-0.2, -0.15) is 0 Å². The lowest BCUT2D eigenvalue weighted by Gasteiger charge is -2.32. The second-order valence-electron chi connectivity index (χ2n) is 3.50. The summed E-state index contributed by atoms with van der Waals surface area (Å²) in [6.45, 7) is 1.57. The van der Waals surface area contributed by atoms with E-state index < -0.39 is 25.6 Å². The Kier molecular flexibility index (Phi) is 2.03. The highest BCUT2D eigenvalue weighted by atomic mass is 31.2. The molecule has 0 saturated carbocycles. The van der Waals surface area contributed by atoms with Gasteiger partial charge in [-0.15, -0.1) is 0 Å². The average molecular weight is 210 g/mol. The molecule has 4 atom stereocenters. The Balaban J connectivity index is 2.19. The first-order chi connectivity index (χ1) is 5.91. The highest BCUT2D eigenvalue weighted by Crippen LogP contribution is 2.52. The van der Waals surface area contributed by atoms with Crippen molar-refractivity contribution in [1.29, 1.82) is 0 Å². The number of hydrogen-bond donors (Lipinski definition) is 2. The molecule has 0 spiro atoms. The number of fused-ring (bicyclic) bond motifs is 1. The lowest BCUT2D eigenvalue weighted by Crippen LogP contribution is -2.46. The molecule has 7 heteroatoms. The zero-order valence-electron chi connectivity index (χ0n) is 7.04. The third-order valence-corrected chi connectivity index (χ3v) is 3.16. The molecule has 0 aromatic heterocycles. The summed E-state index contributed by atoms with van der Waals surface area (Å²) in [5.74, 6) is 0. The fourth-order valence-corrected chi connectivity index (χ4v) is 2.55. The second-order valence-corrected chi connectivity index (χ2v) is 4.90. The molecule has 2 saturated heterocycles. The molecule has 2 aliphatic heterocycles. The molecule has 2 rings (SSSR count). The maximum absolute atomic E-state index is 11.0. The minimum Gasteiger partial charge on any atom is -0.385 e. The van der Waals surface area contributed by atoms with Gasteiger partial charge < -0.3 is 14.7 Å². The Hall–Kier alpha value is 0.0300. The maximum Gasteiger partial charge on any atom is 0.472 e. The van der Waals surface area contributed by atoms with Crippen LogP contribution in [0, 0.1) is 0 Å². The Morgan fingerprint density at radius 3 is 3.00 bits per heavy atom. The predicted octanol–water partition coefficient (Wildman–Crippen LogP) is -0.348. The molecule has 2 heterocycles. The maximum atomic E-state index is 11.0. The lowest BCUT2D eigenvalue weighted by atomic mass is 10.00. The van der Waals surface area contributed by atoms with E-state index >= 15 is 0 Å². The second kappa shape index (κ2) is 2.76. The van der Waals surface area contributed by atoms with Gasteiger partial charge in [0.15, 0.2) is 0 Å². The average Bonchev–Trinajstić information content (AvgIpc) is 2.26. The molecule has 2 N–H and O–H groups in total. The number of rotatable bonds is 0. The van der Waals surface area contributed by atoms with Crippen LogP contribution in [0.4, 0.5) is 0 Å². The van der Waals surface area contributed by atoms with Crippen LogP contribution in [-0.4, -0.2) is 41.0 Å². The quantitative estimate of drug-likeness (QED) is 0.531. The monoisotopic (exact) mass is 210 g/mol. The van der Waals surface area contributed by atoms with Gasteiger partial charge in [0.25, 0.3) is 0 Å². The number of ether oxygens (including phenoxy) is 1. The largest absolute Gasteiger partial charge is 0.472 e. The summed E-state index contributed by atoms with van der Waals surface area (Å²) in [6, 6.07) is 0. The van der Waals surface area contributed by atoms with Crippen molar-refractivity contribution in [2.45, 2.75) is 24.7 Å². The first-order valence-corrected chi connectivity index (χ1v) is 5.40. The van der Waals surface area contributed by atoms with Gasteiger partial charge in [-0.25, -0.2) is 4.57 Å². The summed E-state index contributed by atoms with van der Waals surface area (Å²) in [4.78, 5) is 9.00. The normalized spacial score (nSPS) is 56.2. The minimum atomic E-state index is -3.98. The van der Waals surface area contributed by atoms with E-state index in [4.69, 9.17) is 14.2 Å². The first kappa shape index (κ1) is 9.58. The highest BCUT2D eigenvalue weighted by Gasteiger charge is 2.53. The molecule has 0 amide bonds. The fourth-order valence-electron chi connectivity index (χ4n) is 1.50. The van der Waals surface area contributed by atoms with Gasteiger partial charge in [-0.05, 0) is 6.92 Å². The van der Waals surface area contributed by atoms with Crippen molar-refractivity contribution in [2.24, 2.45) is 0 Å². The van der Waals surface area contributed by atoms with E-state index in [0.29, 0.717) is 0 Å². The van der Waals surface area contributed by atoms with E-state index in [9.17, 15) is 9.67 Å². The van der Waals surface area contributed by atoms with Gasteiger partial charge in [0.05, 0.1) is 13.2 Å². The van der Waals surface area contributed by atoms with Crippen LogP contribution < -0.4 is 0 Å². The predicted molar refractivity (Wildman–Crippen MR) is 41.0 cm³/mol. The number of phosphoric ester groups is 1. The summed E-state index contributed by atoms with van der Waals surface area (Å²) >= 11 is 0. The molecule has 2 unspecified atom stereocenters. The van der Waals surface area contributed by atoms with Gasteiger partial charge in [-0.1, -0.05) is 0 Å². The summed E-state index contributed by atoms with van der Waals surface area (Å²) in [6.07, 6.45) is -1.23. The summed E-state index contributed by atoms with van der Waals surface area (Å²) in [5.41, 5.74) is -1.22. The summed E-state index contributed by atoms with van der Waals surface area (Å²) < 4.78 is 25.4. The molecule has 0 aromatic carbocycles. The molecule has 0 bridgehead atoms. The molecule has 76 valence electrons. The van der Waals surface area contributed by atoms with E-state index in [1.807, 2.05) is 0 Å². The summed E-state index contributed by atoms with van der Waals surface area (Å²) in [5, 5.41) is 9.68.